The van der Waals surface area contributed by atoms with Gasteiger partial charge in [0.25, 0.3) is 0 Å². The molecule has 0 aromatic heterocycles. The Morgan fingerprint density at radius 2 is 1.83 bits per heavy atom. The topological polar surface area (TPSA) is 50.8 Å². The van der Waals surface area contributed by atoms with E-state index in [9.17, 15) is 4.79 Å². The van der Waals surface area contributed by atoms with Crippen molar-refractivity contribution in [3.63, 3.8) is 0 Å². The Labute approximate surface area is 150 Å². The standard InChI is InChI=1S/C18H21BrN2O3/c1-21(11-13-10-14(19)4-9-17(13)24-3)12-18(22)20-15-5-7-16(23-2)8-6-15/h4-10H,11-12H2,1-3H3,(H,20,22). The highest BCUT2D eigenvalue weighted by atomic mass is 79.9. The molecule has 0 radical (unpaired) electrons. The number of ether oxygens (including phenoxy) is 2. The van der Waals surface area contributed by atoms with Crippen LogP contribution in [0.3, 0.4) is 0 Å². The normalized spacial score (nSPS) is 10.5. The van der Waals surface area contributed by atoms with Crippen molar-refractivity contribution in [3.8, 4) is 11.5 Å². The summed E-state index contributed by atoms with van der Waals surface area (Å²) in [5, 5.41) is 2.87. The third kappa shape index (κ3) is 5.25. The van der Waals surface area contributed by atoms with Crippen molar-refractivity contribution in [2.75, 3.05) is 33.1 Å². The minimum absolute atomic E-state index is 0.0726. The molecule has 0 fully saturated rings. The number of likely N-dealkylation sites (N-methyl/N-ethyl adjacent to an activating group) is 1. The van der Waals surface area contributed by atoms with Gasteiger partial charge in [0.2, 0.25) is 5.91 Å². The van der Waals surface area contributed by atoms with E-state index in [-0.39, 0.29) is 12.5 Å². The average Bonchev–Trinajstić information content (AvgIpc) is 2.55. The second kappa shape index (κ2) is 8.70. The predicted molar refractivity (Wildman–Crippen MR) is 98.7 cm³/mol. The van der Waals surface area contributed by atoms with Crippen molar-refractivity contribution in [3.05, 3.63) is 52.5 Å². The fraction of sp³-hybridized carbons (Fsp3) is 0.278. The van der Waals surface area contributed by atoms with Crippen molar-refractivity contribution in [1.82, 2.24) is 4.90 Å². The number of halogens is 1. The van der Waals surface area contributed by atoms with Crippen LogP contribution in [-0.4, -0.2) is 38.6 Å². The maximum atomic E-state index is 12.2. The number of hydrogen-bond acceptors (Lipinski definition) is 4. The zero-order chi connectivity index (χ0) is 17.5. The predicted octanol–water partition coefficient (Wildman–Crippen LogP) is 3.54. The summed E-state index contributed by atoms with van der Waals surface area (Å²) in [7, 11) is 5.15. The molecule has 5 nitrogen and oxygen atoms in total. The lowest BCUT2D eigenvalue weighted by molar-refractivity contribution is -0.117. The maximum absolute atomic E-state index is 12.2. The van der Waals surface area contributed by atoms with Gasteiger partial charge in [-0.3, -0.25) is 9.69 Å². The smallest absolute Gasteiger partial charge is 0.238 e. The molecule has 0 aliphatic heterocycles. The number of carbonyl (C=O) groups excluding carboxylic acids is 1. The minimum Gasteiger partial charge on any atom is -0.497 e. The highest BCUT2D eigenvalue weighted by Gasteiger charge is 2.11. The SMILES string of the molecule is COc1ccc(NC(=O)CN(C)Cc2cc(Br)ccc2OC)cc1. The summed E-state index contributed by atoms with van der Waals surface area (Å²) in [4.78, 5) is 14.1. The molecule has 0 aliphatic rings. The fourth-order valence-corrected chi connectivity index (χ4v) is 2.75. The summed E-state index contributed by atoms with van der Waals surface area (Å²) in [5.41, 5.74) is 1.76. The summed E-state index contributed by atoms with van der Waals surface area (Å²) in [6.07, 6.45) is 0. The number of hydrogen-bond donors (Lipinski definition) is 1. The van der Waals surface area contributed by atoms with Crippen LogP contribution in [0.2, 0.25) is 0 Å². The Morgan fingerprint density at radius 3 is 2.46 bits per heavy atom. The number of anilines is 1. The van der Waals surface area contributed by atoms with E-state index in [0.29, 0.717) is 6.54 Å². The largest absolute Gasteiger partial charge is 0.497 e. The van der Waals surface area contributed by atoms with Crippen molar-refractivity contribution < 1.29 is 14.3 Å². The lowest BCUT2D eigenvalue weighted by Gasteiger charge is -2.18. The van der Waals surface area contributed by atoms with Gasteiger partial charge < -0.3 is 14.8 Å². The van der Waals surface area contributed by atoms with E-state index >= 15 is 0 Å². The first-order valence-electron chi connectivity index (χ1n) is 7.46. The van der Waals surface area contributed by atoms with Gasteiger partial charge in [-0.25, -0.2) is 0 Å². The molecule has 0 unspecified atom stereocenters. The zero-order valence-electron chi connectivity index (χ0n) is 14.0. The summed E-state index contributed by atoms with van der Waals surface area (Å²) in [6.45, 7) is 0.889. The van der Waals surface area contributed by atoms with E-state index in [1.807, 2.05) is 54.4 Å². The number of nitrogens with one attached hydrogen (secondary N) is 1. The van der Waals surface area contributed by atoms with Crippen molar-refractivity contribution in [2.45, 2.75) is 6.54 Å². The van der Waals surface area contributed by atoms with Crippen molar-refractivity contribution in [1.29, 1.82) is 0 Å². The molecular formula is C18H21BrN2O3. The molecule has 0 spiro atoms. The van der Waals surface area contributed by atoms with Crippen LogP contribution >= 0.6 is 15.9 Å². The van der Waals surface area contributed by atoms with Crippen LogP contribution in [0.25, 0.3) is 0 Å². The number of rotatable bonds is 7. The molecule has 1 amide bonds. The van der Waals surface area contributed by atoms with Gasteiger partial charge in [-0.1, -0.05) is 15.9 Å². The highest BCUT2D eigenvalue weighted by molar-refractivity contribution is 9.10. The third-order valence-electron chi connectivity index (χ3n) is 3.47. The summed E-state index contributed by atoms with van der Waals surface area (Å²) >= 11 is 3.46. The molecule has 1 N–H and O–H groups in total. The van der Waals surface area contributed by atoms with E-state index in [1.54, 1.807) is 14.2 Å². The van der Waals surface area contributed by atoms with Crippen LogP contribution < -0.4 is 14.8 Å². The molecule has 0 saturated heterocycles. The van der Waals surface area contributed by atoms with Crippen LogP contribution in [-0.2, 0) is 11.3 Å². The lowest BCUT2D eigenvalue weighted by Crippen LogP contribution is -2.30. The third-order valence-corrected chi connectivity index (χ3v) is 3.96. The van der Waals surface area contributed by atoms with Crippen molar-refractivity contribution >= 4 is 27.5 Å². The average molecular weight is 393 g/mol. The monoisotopic (exact) mass is 392 g/mol. The second-order valence-corrected chi connectivity index (χ2v) is 6.32. The number of amides is 1. The quantitative estimate of drug-likeness (QED) is 0.782. The first kappa shape index (κ1) is 18.3. The van der Waals surface area contributed by atoms with E-state index in [1.165, 1.54) is 0 Å². The number of methoxy groups -OCH3 is 2. The molecule has 0 aliphatic carbocycles. The van der Waals surface area contributed by atoms with Crippen LogP contribution in [0.4, 0.5) is 5.69 Å². The molecule has 0 heterocycles. The minimum atomic E-state index is -0.0726. The summed E-state index contributed by atoms with van der Waals surface area (Å²) < 4.78 is 11.4. The van der Waals surface area contributed by atoms with Gasteiger partial charge in [-0.05, 0) is 49.5 Å². The molecule has 2 aromatic rings. The number of benzene rings is 2. The van der Waals surface area contributed by atoms with E-state index in [4.69, 9.17) is 9.47 Å². The van der Waals surface area contributed by atoms with Gasteiger partial charge in [0.05, 0.1) is 20.8 Å². The first-order chi connectivity index (χ1) is 11.5. The highest BCUT2D eigenvalue weighted by Crippen LogP contribution is 2.24. The zero-order valence-corrected chi connectivity index (χ0v) is 15.6. The molecule has 0 atom stereocenters. The van der Waals surface area contributed by atoms with Gasteiger partial charge in [-0.2, -0.15) is 0 Å². The van der Waals surface area contributed by atoms with E-state index < -0.39 is 0 Å². The Kier molecular flexibility index (Phi) is 6.63. The molecule has 6 heteroatoms. The Morgan fingerprint density at radius 1 is 1.12 bits per heavy atom. The van der Waals surface area contributed by atoms with Crippen molar-refractivity contribution in [2.24, 2.45) is 0 Å². The van der Waals surface area contributed by atoms with Crippen LogP contribution in [0.15, 0.2) is 46.9 Å². The molecule has 24 heavy (non-hydrogen) atoms. The molecule has 0 bridgehead atoms. The number of nitrogens with zero attached hydrogens (tertiary/aromatic N) is 1. The van der Waals surface area contributed by atoms with Gasteiger partial charge in [0.1, 0.15) is 11.5 Å². The van der Waals surface area contributed by atoms with Crippen LogP contribution in [0.5, 0.6) is 11.5 Å². The van der Waals surface area contributed by atoms with Gasteiger partial charge in [0.15, 0.2) is 0 Å². The van der Waals surface area contributed by atoms with E-state index in [0.717, 1.165) is 27.2 Å². The van der Waals surface area contributed by atoms with Crippen LogP contribution in [0, 0.1) is 0 Å². The van der Waals surface area contributed by atoms with Gasteiger partial charge >= 0.3 is 0 Å². The fourth-order valence-electron chi connectivity index (χ4n) is 2.34. The first-order valence-corrected chi connectivity index (χ1v) is 8.26. The summed E-state index contributed by atoms with van der Waals surface area (Å²) in [6, 6.07) is 13.1. The number of carbonyl (C=O) groups is 1. The molecule has 2 rings (SSSR count). The molecule has 0 saturated carbocycles. The van der Waals surface area contributed by atoms with Crippen LogP contribution in [0.1, 0.15) is 5.56 Å². The maximum Gasteiger partial charge on any atom is 0.238 e. The Hall–Kier alpha value is -2.05. The Bertz CT molecular complexity index is 689. The molecule has 128 valence electrons. The molecule has 2 aromatic carbocycles. The lowest BCUT2D eigenvalue weighted by atomic mass is 10.2. The molecular weight excluding hydrogens is 372 g/mol. The summed E-state index contributed by atoms with van der Waals surface area (Å²) in [5.74, 6) is 1.49. The second-order valence-electron chi connectivity index (χ2n) is 5.41. The van der Waals surface area contributed by atoms with E-state index in [2.05, 4.69) is 21.2 Å². The van der Waals surface area contributed by atoms with Gasteiger partial charge in [-0.15, -0.1) is 0 Å². The van der Waals surface area contributed by atoms with Gasteiger partial charge in [0, 0.05) is 22.3 Å². The Balaban J connectivity index is 1.92.